The lowest BCUT2D eigenvalue weighted by molar-refractivity contribution is -0.134. The highest BCUT2D eigenvalue weighted by Crippen LogP contribution is 2.27. The summed E-state index contributed by atoms with van der Waals surface area (Å²) in [6, 6.07) is 14.8. The Morgan fingerprint density at radius 2 is 1.84 bits per heavy atom. The molecule has 1 amide bonds. The second-order valence-corrected chi connectivity index (χ2v) is 9.07. The van der Waals surface area contributed by atoms with Crippen LogP contribution in [0, 0.1) is 0 Å². The van der Waals surface area contributed by atoms with Gasteiger partial charge in [-0.25, -0.2) is 0 Å². The normalized spacial score (nSPS) is 19.0. The van der Waals surface area contributed by atoms with Gasteiger partial charge in [-0.15, -0.1) is 10.2 Å². The van der Waals surface area contributed by atoms with Gasteiger partial charge < -0.3 is 14.2 Å². The zero-order valence-electron chi connectivity index (χ0n) is 18.5. The molecule has 0 saturated carbocycles. The number of hydrogen-bond donors (Lipinski definition) is 0. The summed E-state index contributed by atoms with van der Waals surface area (Å²) in [7, 11) is 0. The van der Waals surface area contributed by atoms with Crippen LogP contribution < -0.4 is 4.74 Å². The molecule has 0 unspecified atom stereocenters. The minimum atomic E-state index is 0.184. The van der Waals surface area contributed by atoms with E-state index in [0.717, 1.165) is 46.9 Å². The largest absolute Gasteiger partial charge is 0.485 e. The Hall–Kier alpha value is -2.54. The fraction of sp³-hybridized carbons (Fsp3) is 0.458. The van der Waals surface area contributed by atoms with E-state index in [1.807, 2.05) is 33.7 Å². The molecule has 1 fully saturated rings. The Kier molecular flexibility index (Phi) is 6.80. The van der Waals surface area contributed by atoms with Crippen LogP contribution in [0.4, 0.5) is 0 Å². The number of hydrogen-bond acceptors (Lipinski definition) is 5. The van der Waals surface area contributed by atoms with E-state index in [1.165, 1.54) is 18.2 Å². The van der Waals surface area contributed by atoms with E-state index in [0.29, 0.717) is 24.4 Å². The predicted molar refractivity (Wildman–Crippen MR) is 124 cm³/mol. The average Bonchev–Trinajstić information content (AvgIpc) is 3.18. The van der Waals surface area contributed by atoms with Crippen molar-refractivity contribution in [2.24, 2.45) is 0 Å². The van der Waals surface area contributed by atoms with Gasteiger partial charge in [-0.1, -0.05) is 48.2 Å². The number of benzene rings is 2. The molecule has 0 bridgehead atoms. The van der Waals surface area contributed by atoms with Gasteiger partial charge in [-0.05, 0) is 51.5 Å². The standard InChI is InChI=1S/C24H30N4O2S/c1-4-27-22(15-30-21-14-8-12-19-11-5-6-13-20(19)21)25-26-24(27)31-16-23(29)28-17(2)9-7-10-18(28)3/h5-6,8,11-14,17-18H,4,7,9-10,15-16H2,1-3H3/t17-,18+. The highest BCUT2D eigenvalue weighted by atomic mass is 32.2. The van der Waals surface area contributed by atoms with Crippen molar-refractivity contribution in [1.82, 2.24) is 19.7 Å². The third-order valence-electron chi connectivity index (χ3n) is 6.02. The Bertz CT molecular complexity index is 1040. The van der Waals surface area contributed by atoms with Gasteiger partial charge in [0.1, 0.15) is 12.4 Å². The maximum absolute atomic E-state index is 12.9. The van der Waals surface area contributed by atoms with Gasteiger partial charge in [0.05, 0.1) is 5.75 Å². The topological polar surface area (TPSA) is 60.2 Å². The van der Waals surface area contributed by atoms with Crippen molar-refractivity contribution in [3.63, 3.8) is 0 Å². The fourth-order valence-corrected chi connectivity index (χ4v) is 5.32. The van der Waals surface area contributed by atoms with Gasteiger partial charge in [0.15, 0.2) is 11.0 Å². The van der Waals surface area contributed by atoms with E-state index < -0.39 is 0 Å². The molecule has 0 N–H and O–H groups in total. The molecule has 0 spiro atoms. The summed E-state index contributed by atoms with van der Waals surface area (Å²) < 4.78 is 8.14. The summed E-state index contributed by atoms with van der Waals surface area (Å²) in [6.07, 6.45) is 3.37. The first-order valence-corrected chi connectivity index (χ1v) is 12.0. The number of aromatic nitrogens is 3. The summed E-state index contributed by atoms with van der Waals surface area (Å²) in [6.45, 7) is 7.42. The highest BCUT2D eigenvalue weighted by Gasteiger charge is 2.29. The number of carbonyl (C=O) groups is 1. The van der Waals surface area contributed by atoms with Gasteiger partial charge in [-0.3, -0.25) is 4.79 Å². The van der Waals surface area contributed by atoms with E-state index in [2.05, 4.69) is 49.2 Å². The molecule has 0 aliphatic carbocycles. The molecule has 3 aromatic rings. The van der Waals surface area contributed by atoms with Crippen molar-refractivity contribution in [3.8, 4) is 5.75 Å². The lowest BCUT2D eigenvalue weighted by Gasteiger charge is -2.39. The van der Waals surface area contributed by atoms with Gasteiger partial charge in [0.2, 0.25) is 5.91 Å². The fourth-order valence-electron chi connectivity index (χ4n) is 4.43. The maximum Gasteiger partial charge on any atom is 0.233 e. The molecule has 2 aromatic carbocycles. The molecule has 1 aromatic heterocycles. The average molecular weight is 439 g/mol. The molecule has 7 heteroatoms. The maximum atomic E-state index is 12.9. The first-order chi connectivity index (χ1) is 15.1. The van der Waals surface area contributed by atoms with E-state index in [-0.39, 0.29) is 5.91 Å². The number of nitrogens with zero attached hydrogens (tertiary/aromatic N) is 4. The molecule has 2 atom stereocenters. The molecule has 1 aliphatic rings. The van der Waals surface area contributed by atoms with Crippen LogP contribution in [-0.4, -0.2) is 43.4 Å². The summed E-state index contributed by atoms with van der Waals surface area (Å²) in [5.41, 5.74) is 0. The van der Waals surface area contributed by atoms with Crippen molar-refractivity contribution in [1.29, 1.82) is 0 Å². The van der Waals surface area contributed by atoms with Gasteiger partial charge in [0, 0.05) is 24.0 Å². The zero-order valence-corrected chi connectivity index (χ0v) is 19.3. The second kappa shape index (κ2) is 9.73. The molecule has 6 nitrogen and oxygen atoms in total. The van der Waals surface area contributed by atoms with Crippen LogP contribution in [0.15, 0.2) is 47.6 Å². The van der Waals surface area contributed by atoms with Crippen LogP contribution in [0.2, 0.25) is 0 Å². The van der Waals surface area contributed by atoms with E-state index in [1.54, 1.807) is 0 Å². The van der Waals surface area contributed by atoms with Crippen molar-refractivity contribution < 1.29 is 9.53 Å². The molecular weight excluding hydrogens is 408 g/mol. The summed E-state index contributed by atoms with van der Waals surface area (Å²) >= 11 is 1.47. The molecule has 31 heavy (non-hydrogen) atoms. The first kappa shape index (κ1) is 21.7. The number of ether oxygens (including phenoxy) is 1. The van der Waals surface area contributed by atoms with Gasteiger partial charge in [-0.2, -0.15) is 0 Å². The van der Waals surface area contributed by atoms with E-state index >= 15 is 0 Å². The Morgan fingerprint density at radius 1 is 1.10 bits per heavy atom. The first-order valence-electron chi connectivity index (χ1n) is 11.0. The molecular formula is C24H30N4O2S. The number of fused-ring (bicyclic) bond motifs is 1. The lowest BCUT2D eigenvalue weighted by Crippen LogP contribution is -2.48. The van der Waals surface area contributed by atoms with Crippen LogP contribution >= 0.6 is 11.8 Å². The molecule has 164 valence electrons. The monoisotopic (exact) mass is 438 g/mol. The molecule has 4 rings (SSSR count). The lowest BCUT2D eigenvalue weighted by atomic mass is 9.98. The van der Waals surface area contributed by atoms with Crippen LogP contribution in [0.25, 0.3) is 10.8 Å². The van der Waals surface area contributed by atoms with Crippen LogP contribution in [-0.2, 0) is 17.9 Å². The van der Waals surface area contributed by atoms with Crippen LogP contribution in [0.3, 0.4) is 0 Å². The Balaban J connectivity index is 1.42. The van der Waals surface area contributed by atoms with E-state index in [9.17, 15) is 4.79 Å². The number of piperidine rings is 1. The summed E-state index contributed by atoms with van der Waals surface area (Å²) in [4.78, 5) is 14.9. The minimum absolute atomic E-state index is 0.184. The summed E-state index contributed by atoms with van der Waals surface area (Å²) in [5.74, 6) is 2.17. The Labute approximate surface area is 188 Å². The van der Waals surface area contributed by atoms with Crippen molar-refractivity contribution in [2.75, 3.05) is 5.75 Å². The number of rotatable bonds is 7. The molecule has 0 radical (unpaired) electrons. The molecule has 1 aliphatic heterocycles. The SMILES string of the molecule is CCn1c(COc2cccc3ccccc23)nnc1SCC(=O)N1[C@H](C)CCC[C@@H]1C. The third-order valence-corrected chi connectivity index (χ3v) is 6.97. The second-order valence-electron chi connectivity index (χ2n) is 8.13. The highest BCUT2D eigenvalue weighted by molar-refractivity contribution is 7.99. The van der Waals surface area contributed by atoms with Gasteiger partial charge >= 0.3 is 0 Å². The third kappa shape index (κ3) is 4.71. The number of thioether (sulfide) groups is 1. The Morgan fingerprint density at radius 3 is 2.61 bits per heavy atom. The van der Waals surface area contributed by atoms with E-state index in [4.69, 9.17) is 4.74 Å². The van der Waals surface area contributed by atoms with Crippen molar-refractivity contribution >= 4 is 28.4 Å². The van der Waals surface area contributed by atoms with Crippen molar-refractivity contribution in [2.45, 2.75) is 70.4 Å². The zero-order chi connectivity index (χ0) is 21.8. The number of carbonyl (C=O) groups excluding carboxylic acids is 1. The predicted octanol–water partition coefficient (Wildman–Crippen LogP) is 4.91. The summed E-state index contributed by atoms with van der Waals surface area (Å²) in [5, 5.41) is 11.7. The number of likely N-dealkylation sites (tertiary alicyclic amines) is 1. The minimum Gasteiger partial charge on any atom is -0.485 e. The van der Waals surface area contributed by atoms with Gasteiger partial charge in [0.25, 0.3) is 0 Å². The molecule has 1 saturated heterocycles. The number of amides is 1. The quantitative estimate of drug-likeness (QED) is 0.491. The van der Waals surface area contributed by atoms with Crippen LogP contribution in [0.1, 0.15) is 45.9 Å². The van der Waals surface area contributed by atoms with Crippen molar-refractivity contribution in [3.05, 3.63) is 48.3 Å². The smallest absolute Gasteiger partial charge is 0.233 e. The molecule has 2 heterocycles. The van der Waals surface area contributed by atoms with Crippen LogP contribution in [0.5, 0.6) is 5.75 Å².